The lowest BCUT2D eigenvalue weighted by Crippen LogP contribution is -2.20. The number of carboxylic acid groups (broad SMARTS) is 1. The lowest BCUT2D eigenvalue weighted by Gasteiger charge is -2.26. The minimum Gasteiger partial charge on any atom is -0.477 e. The zero-order valence-electron chi connectivity index (χ0n) is 7.74. The van der Waals surface area contributed by atoms with Gasteiger partial charge in [0.15, 0.2) is 0 Å². The van der Waals surface area contributed by atoms with E-state index in [1.165, 1.54) is 25.3 Å². The van der Waals surface area contributed by atoms with Gasteiger partial charge < -0.3 is 9.67 Å². The SMILES string of the molecule is O=C(O)c1cc(Cl)cn1CC1CCC1. The van der Waals surface area contributed by atoms with E-state index in [2.05, 4.69) is 0 Å². The Labute approximate surface area is 87.3 Å². The molecular weight excluding hydrogens is 202 g/mol. The van der Waals surface area contributed by atoms with Crippen molar-refractivity contribution >= 4 is 17.6 Å². The van der Waals surface area contributed by atoms with E-state index in [1.807, 2.05) is 0 Å². The molecule has 0 atom stereocenters. The Morgan fingerprint density at radius 3 is 2.86 bits per heavy atom. The molecule has 1 aromatic heterocycles. The standard InChI is InChI=1S/C10H12ClNO2/c11-8-4-9(10(13)14)12(6-8)5-7-2-1-3-7/h4,6-7H,1-3,5H2,(H,13,14). The molecule has 0 saturated heterocycles. The van der Waals surface area contributed by atoms with Crippen LogP contribution in [0.4, 0.5) is 0 Å². The second-order valence-electron chi connectivity index (χ2n) is 3.80. The maximum absolute atomic E-state index is 10.8. The van der Waals surface area contributed by atoms with Gasteiger partial charge in [0.1, 0.15) is 5.69 Å². The van der Waals surface area contributed by atoms with Gasteiger partial charge in [-0.25, -0.2) is 4.79 Å². The number of rotatable bonds is 3. The van der Waals surface area contributed by atoms with Gasteiger partial charge >= 0.3 is 5.97 Å². The number of hydrogen-bond donors (Lipinski definition) is 1. The highest BCUT2D eigenvalue weighted by atomic mass is 35.5. The Bertz CT molecular complexity index is 355. The van der Waals surface area contributed by atoms with Crippen LogP contribution in [0.2, 0.25) is 5.02 Å². The van der Waals surface area contributed by atoms with Crippen LogP contribution in [0.25, 0.3) is 0 Å². The zero-order valence-corrected chi connectivity index (χ0v) is 8.50. The number of carbonyl (C=O) groups is 1. The molecule has 1 fully saturated rings. The molecule has 76 valence electrons. The lowest BCUT2D eigenvalue weighted by atomic mass is 9.85. The van der Waals surface area contributed by atoms with Crippen LogP contribution in [0.15, 0.2) is 12.3 Å². The molecule has 2 rings (SSSR count). The van der Waals surface area contributed by atoms with E-state index in [1.54, 1.807) is 10.8 Å². The van der Waals surface area contributed by atoms with Crippen LogP contribution < -0.4 is 0 Å². The summed E-state index contributed by atoms with van der Waals surface area (Å²) in [6, 6.07) is 1.50. The summed E-state index contributed by atoms with van der Waals surface area (Å²) in [5.41, 5.74) is 0.293. The van der Waals surface area contributed by atoms with E-state index in [4.69, 9.17) is 16.7 Å². The third-order valence-electron chi connectivity index (χ3n) is 2.76. The first-order valence-electron chi connectivity index (χ1n) is 4.76. The van der Waals surface area contributed by atoms with Gasteiger partial charge in [-0.15, -0.1) is 0 Å². The molecule has 1 N–H and O–H groups in total. The van der Waals surface area contributed by atoms with Crippen LogP contribution in [0.3, 0.4) is 0 Å². The lowest BCUT2D eigenvalue weighted by molar-refractivity contribution is 0.0682. The molecule has 3 nitrogen and oxygen atoms in total. The fourth-order valence-electron chi connectivity index (χ4n) is 1.76. The molecule has 0 aliphatic heterocycles. The molecule has 0 spiro atoms. The average Bonchev–Trinajstić information content (AvgIpc) is 2.39. The van der Waals surface area contributed by atoms with E-state index in [-0.39, 0.29) is 0 Å². The topological polar surface area (TPSA) is 42.2 Å². The van der Waals surface area contributed by atoms with Crippen molar-refractivity contribution in [3.05, 3.63) is 23.0 Å². The molecule has 14 heavy (non-hydrogen) atoms. The van der Waals surface area contributed by atoms with Crippen molar-refractivity contribution in [1.82, 2.24) is 4.57 Å². The predicted octanol–water partition coefficient (Wildman–Crippen LogP) is 2.64. The van der Waals surface area contributed by atoms with E-state index >= 15 is 0 Å². The van der Waals surface area contributed by atoms with E-state index in [0.717, 1.165) is 6.54 Å². The fourth-order valence-corrected chi connectivity index (χ4v) is 1.98. The maximum atomic E-state index is 10.8. The molecule has 1 aliphatic rings. The third kappa shape index (κ3) is 1.77. The Balaban J connectivity index is 2.17. The summed E-state index contributed by atoms with van der Waals surface area (Å²) in [6.45, 7) is 0.786. The van der Waals surface area contributed by atoms with Crippen LogP contribution in [0.5, 0.6) is 0 Å². The number of aromatic carboxylic acids is 1. The van der Waals surface area contributed by atoms with Crippen molar-refractivity contribution in [2.45, 2.75) is 25.8 Å². The van der Waals surface area contributed by atoms with Crippen molar-refractivity contribution in [1.29, 1.82) is 0 Å². The molecule has 0 amide bonds. The Kier molecular flexibility index (Phi) is 2.50. The normalized spacial score (nSPS) is 16.6. The van der Waals surface area contributed by atoms with Crippen molar-refractivity contribution < 1.29 is 9.90 Å². The van der Waals surface area contributed by atoms with Gasteiger partial charge in [0.05, 0.1) is 5.02 Å². The Morgan fingerprint density at radius 1 is 1.64 bits per heavy atom. The van der Waals surface area contributed by atoms with Gasteiger partial charge in [-0.2, -0.15) is 0 Å². The predicted molar refractivity (Wildman–Crippen MR) is 53.7 cm³/mol. The van der Waals surface area contributed by atoms with Crippen LogP contribution in [0, 0.1) is 5.92 Å². The van der Waals surface area contributed by atoms with Gasteiger partial charge in [0.25, 0.3) is 0 Å². The van der Waals surface area contributed by atoms with E-state index in [9.17, 15) is 4.79 Å². The molecule has 4 heteroatoms. The molecular formula is C10H12ClNO2. The highest BCUT2D eigenvalue weighted by Crippen LogP contribution is 2.29. The number of aromatic nitrogens is 1. The summed E-state index contributed by atoms with van der Waals surface area (Å²) in [5.74, 6) is -0.271. The summed E-state index contributed by atoms with van der Waals surface area (Å²) in [4.78, 5) is 10.8. The van der Waals surface area contributed by atoms with Crippen LogP contribution in [0.1, 0.15) is 29.8 Å². The molecule has 1 saturated carbocycles. The van der Waals surface area contributed by atoms with Crippen LogP contribution >= 0.6 is 11.6 Å². The third-order valence-corrected chi connectivity index (χ3v) is 2.97. The second-order valence-corrected chi connectivity index (χ2v) is 4.23. The van der Waals surface area contributed by atoms with Crippen molar-refractivity contribution in [2.75, 3.05) is 0 Å². The van der Waals surface area contributed by atoms with Crippen molar-refractivity contribution in [3.8, 4) is 0 Å². The van der Waals surface area contributed by atoms with Crippen LogP contribution in [-0.2, 0) is 6.54 Å². The van der Waals surface area contributed by atoms with Gasteiger partial charge in [-0.3, -0.25) is 0 Å². The first-order chi connectivity index (χ1) is 6.66. The largest absolute Gasteiger partial charge is 0.477 e. The summed E-state index contributed by atoms with van der Waals surface area (Å²) in [6.07, 6.45) is 5.37. The molecule has 0 unspecified atom stereocenters. The first-order valence-corrected chi connectivity index (χ1v) is 5.13. The van der Waals surface area contributed by atoms with Gasteiger partial charge in [0.2, 0.25) is 0 Å². The molecule has 0 bridgehead atoms. The zero-order chi connectivity index (χ0) is 10.1. The minimum absolute atomic E-state index is 0.293. The molecule has 1 aromatic rings. The number of carboxylic acids is 1. The Morgan fingerprint density at radius 2 is 2.36 bits per heavy atom. The smallest absolute Gasteiger partial charge is 0.352 e. The fraction of sp³-hybridized carbons (Fsp3) is 0.500. The minimum atomic E-state index is -0.906. The maximum Gasteiger partial charge on any atom is 0.352 e. The molecule has 1 aliphatic carbocycles. The van der Waals surface area contributed by atoms with Gasteiger partial charge in [0, 0.05) is 12.7 Å². The average molecular weight is 214 g/mol. The van der Waals surface area contributed by atoms with Crippen molar-refractivity contribution in [3.63, 3.8) is 0 Å². The second kappa shape index (κ2) is 3.65. The first kappa shape index (κ1) is 9.59. The van der Waals surface area contributed by atoms with Crippen LogP contribution in [-0.4, -0.2) is 15.6 Å². The quantitative estimate of drug-likeness (QED) is 0.839. The van der Waals surface area contributed by atoms with Crippen molar-refractivity contribution in [2.24, 2.45) is 5.92 Å². The van der Waals surface area contributed by atoms with E-state index < -0.39 is 5.97 Å². The van der Waals surface area contributed by atoms with Gasteiger partial charge in [-0.05, 0) is 24.8 Å². The highest BCUT2D eigenvalue weighted by Gasteiger charge is 2.20. The summed E-state index contributed by atoms with van der Waals surface area (Å²) in [7, 11) is 0. The molecule has 0 radical (unpaired) electrons. The number of nitrogens with zero attached hydrogens (tertiary/aromatic N) is 1. The summed E-state index contributed by atoms with van der Waals surface area (Å²) < 4.78 is 1.74. The number of halogens is 1. The van der Waals surface area contributed by atoms with E-state index in [0.29, 0.717) is 16.6 Å². The summed E-state index contributed by atoms with van der Waals surface area (Å²) >= 11 is 5.77. The van der Waals surface area contributed by atoms with Gasteiger partial charge in [-0.1, -0.05) is 18.0 Å². The Hall–Kier alpha value is -0.960. The molecule has 1 heterocycles. The molecule has 0 aromatic carbocycles. The number of hydrogen-bond acceptors (Lipinski definition) is 1. The highest BCUT2D eigenvalue weighted by molar-refractivity contribution is 6.30. The monoisotopic (exact) mass is 213 g/mol. The summed E-state index contributed by atoms with van der Waals surface area (Å²) in [5, 5.41) is 9.40.